The van der Waals surface area contributed by atoms with Crippen LogP contribution < -0.4 is 0 Å². The van der Waals surface area contributed by atoms with Crippen LogP contribution in [0.1, 0.15) is 0 Å². The maximum atomic E-state index is 4.65. The zero-order valence-electron chi connectivity index (χ0n) is 14.1. The lowest BCUT2D eigenvalue weighted by molar-refractivity contribution is 1.36. The van der Waals surface area contributed by atoms with Gasteiger partial charge in [0, 0.05) is 17.0 Å². The molecule has 2 aromatic heterocycles. The highest BCUT2D eigenvalue weighted by Crippen LogP contribution is 2.34. The van der Waals surface area contributed by atoms with Gasteiger partial charge in [-0.2, -0.15) is 0 Å². The minimum atomic E-state index is 0.890. The lowest BCUT2D eigenvalue weighted by Crippen LogP contribution is -1.90. The largest absolute Gasteiger partial charge is 0.254 e. The second kappa shape index (κ2) is 6.08. The van der Waals surface area contributed by atoms with E-state index in [0.717, 1.165) is 32.9 Å². The first-order valence-electron chi connectivity index (χ1n) is 8.61. The van der Waals surface area contributed by atoms with Gasteiger partial charge in [0.2, 0.25) is 0 Å². The van der Waals surface area contributed by atoms with Gasteiger partial charge in [-0.3, -0.25) is 4.98 Å². The summed E-state index contributed by atoms with van der Waals surface area (Å²) in [5.74, 6) is 0. The number of benzene rings is 3. The van der Waals surface area contributed by atoms with Crippen LogP contribution >= 0.6 is 0 Å². The van der Waals surface area contributed by atoms with Crippen molar-refractivity contribution in [3.63, 3.8) is 0 Å². The average Bonchev–Trinajstić information content (AvgIpc) is 2.74. The highest BCUT2D eigenvalue weighted by atomic mass is 14.7. The molecule has 1 radical (unpaired) electrons. The Balaban J connectivity index is 1.82. The van der Waals surface area contributed by atoms with E-state index in [4.69, 9.17) is 0 Å². The molecule has 0 saturated heterocycles. The van der Waals surface area contributed by atoms with Crippen molar-refractivity contribution in [2.24, 2.45) is 0 Å². The van der Waals surface area contributed by atoms with E-state index in [-0.39, 0.29) is 0 Å². The summed E-state index contributed by atoms with van der Waals surface area (Å²) in [7, 11) is 0. The Labute approximate surface area is 151 Å². The van der Waals surface area contributed by atoms with Gasteiger partial charge in [-0.05, 0) is 34.4 Å². The number of pyridine rings is 2. The fourth-order valence-electron chi connectivity index (χ4n) is 3.50. The van der Waals surface area contributed by atoms with Crippen LogP contribution in [0.25, 0.3) is 44.1 Å². The lowest BCUT2D eigenvalue weighted by atomic mass is 9.97. The average molecular weight is 331 g/mol. The third kappa shape index (κ3) is 2.35. The molecular formula is C24H15N2. The summed E-state index contributed by atoms with van der Waals surface area (Å²) < 4.78 is 0. The van der Waals surface area contributed by atoms with Crippen molar-refractivity contribution in [1.29, 1.82) is 0 Å². The third-order valence-electron chi connectivity index (χ3n) is 4.73. The van der Waals surface area contributed by atoms with Gasteiger partial charge in [0.05, 0.1) is 17.2 Å². The zero-order valence-corrected chi connectivity index (χ0v) is 14.1. The van der Waals surface area contributed by atoms with Crippen LogP contribution in [0.2, 0.25) is 0 Å². The Morgan fingerprint density at radius 3 is 1.88 bits per heavy atom. The Hall–Kier alpha value is -3.52. The van der Waals surface area contributed by atoms with Crippen molar-refractivity contribution in [2.75, 3.05) is 0 Å². The predicted molar refractivity (Wildman–Crippen MR) is 107 cm³/mol. The van der Waals surface area contributed by atoms with Gasteiger partial charge in [0.15, 0.2) is 0 Å². The van der Waals surface area contributed by atoms with Crippen molar-refractivity contribution in [1.82, 2.24) is 9.97 Å². The smallest absolute Gasteiger partial charge is 0.0979 e. The van der Waals surface area contributed by atoms with Gasteiger partial charge in [0.25, 0.3) is 0 Å². The molecule has 2 heteroatoms. The number of fused-ring (bicyclic) bond motifs is 3. The molecule has 26 heavy (non-hydrogen) atoms. The van der Waals surface area contributed by atoms with E-state index in [2.05, 4.69) is 82.9 Å². The van der Waals surface area contributed by atoms with Crippen LogP contribution in [0, 0.1) is 6.20 Å². The number of hydrogen-bond acceptors (Lipinski definition) is 2. The van der Waals surface area contributed by atoms with Gasteiger partial charge in [-0.15, -0.1) is 0 Å². The molecular weight excluding hydrogens is 316 g/mol. The van der Waals surface area contributed by atoms with E-state index in [1.165, 1.54) is 11.1 Å². The van der Waals surface area contributed by atoms with E-state index in [9.17, 15) is 0 Å². The molecule has 2 nitrogen and oxygen atoms in total. The number of rotatable bonds is 2. The summed E-state index contributed by atoms with van der Waals surface area (Å²) in [6.45, 7) is 0. The molecule has 0 spiro atoms. The topological polar surface area (TPSA) is 25.8 Å². The van der Waals surface area contributed by atoms with Gasteiger partial charge in [-0.25, -0.2) is 4.98 Å². The van der Waals surface area contributed by atoms with Gasteiger partial charge in [-0.1, -0.05) is 72.8 Å². The molecule has 5 rings (SSSR count). The maximum absolute atomic E-state index is 4.65. The predicted octanol–water partition coefficient (Wildman–Crippen LogP) is 5.92. The molecule has 0 aliphatic heterocycles. The standard InChI is InChI=1S/C24H15N2/c1-3-7-17(8-4-1)19-13-15-25-23-21(19)11-12-22-20(14-16-26-24(22)23)18-9-5-2-6-10-18/h1-15H. The van der Waals surface area contributed by atoms with Crippen molar-refractivity contribution in [3.8, 4) is 22.3 Å². The number of aromatic nitrogens is 2. The minimum Gasteiger partial charge on any atom is -0.254 e. The van der Waals surface area contributed by atoms with Gasteiger partial charge >= 0.3 is 0 Å². The van der Waals surface area contributed by atoms with Crippen LogP contribution in [0.5, 0.6) is 0 Å². The molecule has 0 saturated carbocycles. The summed E-state index contributed by atoms with van der Waals surface area (Å²) in [4.78, 5) is 9.19. The second-order valence-electron chi connectivity index (χ2n) is 6.25. The van der Waals surface area contributed by atoms with E-state index in [0.29, 0.717) is 0 Å². The molecule has 121 valence electrons. The molecule has 0 unspecified atom stereocenters. The zero-order chi connectivity index (χ0) is 17.3. The molecule has 0 aliphatic rings. The maximum Gasteiger partial charge on any atom is 0.0979 e. The van der Waals surface area contributed by atoms with E-state index in [1.54, 1.807) is 0 Å². The summed E-state index contributed by atoms with van der Waals surface area (Å²) in [5.41, 5.74) is 6.45. The second-order valence-corrected chi connectivity index (χ2v) is 6.25. The van der Waals surface area contributed by atoms with Crippen LogP contribution in [-0.4, -0.2) is 9.97 Å². The fraction of sp³-hybridized carbons (Fsp3) is 0. The molecule has 0 atom stereocenters. The lowest BCUT2D eigenvalue weighted by Gasteiger charge is -2.11. The monoisotopic (exact) mass is 331 g/mol. The summed E-state index contributed by atoms with van der Waals surface area (Å²) in [5, 5.41) is 2.21. The highest BCUT2D eigenvalue weighted by molar-refractivity contribution is 6.11. The molecule has 3 aromatic carbocycles. The Kier molecular flexibility index (Phi) is 3.46. The van der Waals surface area contributed by atoms with Gasteiger partial charge in [0.1, 0.15) is 0 Å². The summed E-state index contributed by atoms with van der Waals surface area (Å²) >= 11 is 0. The van der Waals surface area contributed by atoms with E-state index < -0.39 is 0 Å². The minimum absolute atomic E-state index is 0.890. The fourth-order valence-corrected chi connectivity index (χ4v) is 3.50. The van der Waals surface area contributed by atoms with Crippen LogP contribution in [-0.2, 0) is 0 Å². The van der Waals surface area contributed by atoms with Crippen molar-refractivity contribution in [3.05, 3.63) is 97.3 Å². The van der Waals surface area contributed by atoms with Crippen LogP contribution in [0.3, 0.4) is 0 Å². The van der Waals surface area contributed by atoms with Crippen molar-refractivity contribution >= 4 is 21.8 Å². The van der Waals surface area contributed by atoms with Crippen molar-refractivity contribution < 1.29 is 0 Å². The molecule has 0 amide bonds. The molecule has 0 aliphatic carbocycles. The van der Waals surface area contributed by atoms with Crippen LogP contribution in [0.15, 0.2) is 91.1 Å². The molecule has 0 bridgehead atoms. The Morgan fingerprint density at radius 2 is 1.19 bits per heavy atom. The SMILES string of the molecule is [c]1cc(-c2ccccc2)c2ccc3c(-c4ccccc4)ccnc3c2n1. The van der Waals surface area contributed by atoms with Crippen molar-refractivity contribution in [2.45, 2.75) is 0 Å². The van der Waals surface area contributed by atoms with Gasteiger partial charge < -0.3 is 0 Å². The molecule has 5 aromatic rings. The number of hydrogen-bond donors (Lipinski definition) is 0. The third-order valence-corrected chi connectivity index (χ3v) is 4.73. The Bertz CT molecular complexity index is 1110. The summed E-state index contributed by atoms with van der Waals surface area (Å²) in [6, 6.07) is 29.1. The van der Waals surface area contributed by atoms with E-state index >= 15 is 0 Å². The molecule has 2 heterocycles. The normalized spacial score (nSPS) is 11.1. The number of nitrogens with zero attached hydrogens (tertiary/aromatic N) is 2. The first-order chi connectivity index (χ1) is 12.9. The quantitative estimate of drug-likeness (QED) is 0.375. The summed E-state index contributed by atoms with van der Waals surface area (Å²) in [6.07, 6.45) is 4.93. The highest BCUT2D eigenvalue weighted by Gasteiger charge is 2.11. The first-order valence-corrected chi connectivity index (χ1v) is 8.61. The molecule has 0 N–H and O–H groups in total. The van der Waals surface area contributed by atoms with Crippen LogP contribution in [0.4, 0.5) is 0 Å². The Morgan fingerprint density at radius 1 is 0.577 bits per heavy atom. The first kappa shape index (κ1) is 14.8. The molecule has 0 fully saturated rings. The van der Waals surface area contributed by atoms with E-state index in [1.807, 2.05) is 24.4 Å².